The fraction of sp³-hybridized carbons (Fsp3) is 0.462. The number of ether oxygens (including phenoxy) is 1. The lowest BCUT2D eigenvalue weighted by Crippen LogP contribution is -2.31. The number of rotatable bonds is 6. The monoisotopic (exact) mass is 249 g/mol. The quantitative estimate of drug-likeness (QED) is 0.531. The van der Waals surface area contributed by atoms with Gasteiger partial charge in [0.2, 0.25) is 0 Å². The minimum atomic E-state index is -0.227. The fourth-order valence-electron chi connectivity index (χ4n) is 1.51. The van der Waals surface area contributed by atoms with E-state index in [2.05, 4.69) is 10.6 Å². The first kappa shape index (κ1) is 12.7. The zero-order valence-corrected chi connectivity index (χ0v) is 10.3. The predicted molar refractivity (Wildman–Crippen MR) is 71.4 cm³/mol. The standard InChI is InChI=1S/C13H19N3O2/c14-11-3-5-12(6-4-11)16-13(17)15-7-8-18-9-10-1-2-10/h3-6,10H,1-2,7-9,14H2,(H2,15,16,17). The molecule has 0 saturated heterocycles. The second-order valence-corrected chi connectivity index (χ2v) is 4.52. The summed E-state index contributed by atoms with van der Waals surface area (Å²) in [5.41, 5.74) is 6.95. The van der Waals surface area contributed by atoms with E-state index in [1.54, 1.807) is 24.3 Å². The molecule has 5 nitrogen and oxygen atoms in total. The summed E-state index contributed by atoms with van der Waals surface area (Å²) < 4.78 is 5.41. The Bertz CT molecular complexity index is 388. The van der Waals surface area contributed by atoms with Crippen LogP contribution in [0, 0.1) is 5.92 Å². The lowest BCUT2D eigenvalue weighted by molar-refractivity contribution is 0.127. The molecule has 1 fully saturated rings. The van der Waals surface area contributed by atoms with Gasteiger partial charge in [-0.3, -0.25) is 0 Å². The summed E-state index contributed by atoms with van der Waals surface area (Å²) in [5, 5.41) is 5.45. The van der Waals surface area contributed by atoms with Crippen LogP contribution in [0.1, 0.15) is 12.8 Å². The van der Waals surface area contributed by atoms with Gasteiger partial charge in [-0.2, -0.15) is 0 Å². The SMILES string of the molecule is Nc1ccc(NC(=O)NCCOCC2CC2)cc1. The third-order valence-electron chi connectivity index (χ3n) is 2.75. The molecule has 0 atom stereocenters. The van der Waals surface area contributed by atoms with E-state index in [-0.39, 0.29) is 6.03 Å². The summed E-state index contributed by atoms with van der Waals surface area (Å²) in [4.78, 5) is 11.5. The summed E-state index contributed by atoms with van der Waals surface area (Å²) in [6.45, 7) is 1.90. The largest absolute Gasteiger partial charge is 0.399 e. The van der Waals surface area contributed by atoms with Crippen LogP contribution in [0.5, 0.6) is 0 Å². The molecular weight excluding hydrogens is 230 g/mol. The molecular formula is C13H19N3O2. The number of carbonyl (C=O) groups excluding carboxylic acids is 1. The van der Waals surface area contributed by atoms with Crippen molar-refractivity contribution in [1.29, 1.82) is 0 Å². The number of hydrogen-bond acceptors (Lipinski definition) is 3. The average molecular weight is 249 g/mol. The van der Waals surface area contributed by atoms with E-state index in [1.807, 2.05) is 0 Å². The number of nitrogen functional groups attached to an aromatic ring is 1. The molecule has 5 heteroatoms. The normalized spacial score (nSPS) is 14.2. The summed E-state index contributed by atoms with van der Waals surface area (Å²) in [5.74, 6) is 0.758. The van der Waals surface area contributed by atoms with Crippen molar-refractivity contribution in [3.63, 3.8) is 0 Å². The number of benzene rings is 1. The van der Waals surface area contributed by atoms with E-state index in [9.17, 15) is 4.79 Å². The molecule has 4 N–H and O–H groups in total. The van der Waals surface area contributed by atoms with E-state index in [1.165, 1.54) is 12.8 Å². The number of amides is 2. The Hall–Kier alpha value is -1.75. The highest BCUT2D eigenvalue weighted by Crippen LogP contribution is 2.28. The molecule has 1 aliphatic carbocycles. The summed E-state index contributed by atoms with van der Waals surface area (Å²) >= 11 is 0. The average Bonchev–Trinajstić information content (AvgIpc) is 3.16. The van der Waals surface area contributed by atoms with Crippen molar-refractivity contribution in [3.8, 4) is 0 Å². The van der Waals surface area contributed by atoms with Crippen molar-refractivity contribution in [3.05, 3.63) is 24.3 Å². The molecule has 98 valence electrons. The molecule has 0 spiro atoms. The van der Waals surface area contributed by atoms with Crippen molar-refractivity contribution in [2.75, 3.05) is 30.8 Å². The van der Waals surface area contributed by atoms with E-state index < -0.39 is 0 Å². The Labute approximate surface area is 107 Å². The van der Waals surface area contributed by atoms with Gasteiger partial charge in [0.15, 0.2) is 0 Å². The van der Waals surface area contributed by atoms with Gasteiger partial charge in [0.1, 0.15) is 0 Å². The van der Waals surface area contributed by atoms with Crippen molar-refractivity contribution < 1.29 is 9.53 Å². The molecule has 0 radical (unpaired) electrons. The zero-order valence-electron chi connectivity index (χ0n) is 10.3. The van der Waals surface area contributed by atoms with Gasteiger partial charge in [-0.1, -0.05) is 0 Å². The second kappa shape index (κ2) is 6.26. The zero-order chi connectivity index (χ0) is 12.8. The maximum Gasteiger partial charge on any atom is 0.319 e. The van der Waals surface area contributed by atoms with Crippen molar-refractivity contribution in [2.45, 2.75) is 12.8 Å². The molecule has 0 heterocycles. The maximum absolute atomic E-state index is 11.5. The molecule has 1 saturated carbocycles. The number of anilines is 2. The van der Waals surface area contributed by atoms with Crippen LogP contribution >= 0.6 is 0 Å². The van der Waals surface area contributed by atoms with Crippen molar-refractivity contribution in [1.82, 2.24) is 5.32 Å². The van der Waals surface area contributed by atoms with E-state index >= 15 is 0 Å². The summed E-state index contributed by atoms with van der Waals surface area (Å²) in [6, 6.07) is 6.79. The first-order valence-corrected chi connectivity index (χ1v) is 6.22. The first-order chi connectivity index (χ1) is 8.74. The highest BCUT2D eigenvalue weighted by molar-refractivity contribution is 5.89. The molecule has 0 unspecified atom stereocenters. The van der Waals surface area contributed by atoms with Gasteiger partial charge in [-0.25, -0.2) is 4.79 Å². The van der Waals surface area contributed by atoms with E-state index in [0.29, 0.717) is 18.8 Å². The van der Waals surface area contributed by atoms with Gasteiger partial charge in [0.05, 0.1) is 6.61 Å². The van der Waals surface area contributed by atoms with Crippen molar-refractivity contribution >= 4 is 17.4 Å². The molecule has 1 aromatic rings. The maximum atomic E-state index is 11.5. The van der Waals surface area contributed by atoms with Crippen LogP contribution in [-0.2, 0) is 4.74 Å². The topological polar surface area (TPSA) is 76.4 Å². The lowest BCUT2D eigenvalue weighted by Gasteiger charge is -2.08. The van der Waals surface area contributed by atoms with Crippen molar-refractivity contribution in [2.24, 2.45) is 5.92 Å². The Morgan fingerprint density at radius 3 is 2.72 bits per heavy atom. The Kier molecular flexibility index (Phi) is 4.41. The number of carbonyl (C=O) groups is 1. The molecule has 1 aliphatic rings. The van der Waals surface area contributed by atoms with E-state index in [0.717, 1.165) is 18.2 Å². The van der Waals surface area contributed by atoms with Crippen LogP contribution in [0.2, 0.25) is 0 Å². The molecule has 2 rings (SSSR count). The van der Waals surface area contributed by atoms with Gasteiger partial charge >= 0.3 is 6.03 Å². The first-order valence-electron chi connectivity index (χ1n) is 6.22. The second-order valence-electron chi connectivity index (χ2n) is 4.52. The van der Waals surface area contributed by atoms with Gasteiger partial charge in [0.25, 0.3) is 0 Å². The molecule has 0 bridgehead atoms. The minimum absolute atomic E-state index is 0.227. The smallest absolute Gasteiger partial charge is 0.319 e. The summed E-state index contributed by atoms with van der Waals surface area (Å²) in [6.07, 6.45) is 2.57. The third kappa shape index (κ3) is 4.63. The summed E-state index contributed by atoms with van der Waals surface area (Å²) in [7, 11) is 0. The van der Waals surface area contributed by atoms with Crippen LogP contribution < -0.4 is 16.4 Å². The van der Waals surface area contributed by atoms with Gasteiger partial charge in [-0.15, -0.1) is 0 Å². The minimum Gasteiger partial charge on any atom is -0.399 e. The third-order valence-corrected chi connectivity index (χ3v) is 2.75. The number of hydrogen-bond donors (Lipinski definition) is 3. The molecule has 1 aromatic carbocycles. The molecule has 0 aliphatic heterocycles. The molecule has 18 heavy (non-hydrogen) atoms. The predicted octanol–water partition coefficient (Wildman–Crippen LogP) is 1.82. The van der Waals surface area contributed by atoms with Crippen LogP contribution in [0.15, 0.2) is 24.3 Å². The van der Waals surface area contributed by atoms with Gasteiger partial charge < -0.3 is 21.1 Å². The highest BCUT2D eigenvalue weighted by atomic mass is 16.5. The number of nitrogens with one attached hydrogen (secondary N) is 2. The van der Waals surface area contributed by atoms with Gasteiger partial charge in [-0.05, 0) is 43.0 Å². The van der Waals surface area contributed by atoms with Crippen LogP contribution in [0.3, 0.4) is 0 Å². The molecule has 2 amide bonds. The van der Waals surface area contributed by atoms with Crippen LogP contribution in [0.25, 0.3) is 0 Å². The Balaban J connectivity index is 1.57. The highest BCUT2D eigenvalue weighted by Gasteiger charge is 2.20. The van der Waals surface area contributed by atoms with Crippen LogP contribution in [0.4, 0.5) is 16.2 Å². The number of nitrogens with two attached hydrogens (primary N) is 1. The van der Waals surface area contributed by atoms with E-state index in [4.69, 9.17) is 10.5 Å². The van der Waals surface area contributed by atoms with Crippen LogP contribution in [-0.4, -0.2) is 25.8 Å². The van der Waals surface area contributed by atoms with Gasteiger partial charge in [0, 0.05) is 24.5 Å². The molecule has 0 aromatic heterocycles. The Morgan fingerprint density at radius 1 is 1.33 bits per heavy atom. The lowest BCUT2D eigenvalue weighted by atomic mass is 10.3. The Morgan fingerprint density at radius 2 is 2.06 bits per heavy atom. The fourth-order valence-corrected chi connectivity index (χ4v) is 1.51. The number of urea groups is 1.